The average Bonchev–Trinajstić information content (AvgIpc) is 2.70. The minimum Gasteiger partial charge on any atom is -0.495 e. The zero-order chi connectivity index (χ0) is 19.1. The molecule has 2 rings (SSSR count). The van der Waals surface area contributed by atoms with Gasteiger partial charge in [0, 0.05) is 13.5 Å². The highest BCUT2D eigenvalue weighted by molar-refractivity contribution is 5.94. The van der Waals surface area contributed by atoms with E-state index in [1.807, 2.05) is 36.4 Å². The van der Waals surface area contributed by atoms with E-state index in [4.69, 9.17) is 18.9 Å². The van der Waals surface area contributed by atoms with Crippen molar-refractivity contribution in [1.82, 2.24) is 0 Å². The van der Waals surface area contributed by atoms with Gasteiger partial charge in [0.25, 0.3) is 0 Å². The van der Waals surface area contributed by atoms with Crippen molar-refractivity contribution in [2.75, 3.05) is 40.4 Å². The molecule has 0 aliphatic heterocycles. The SMILES string of the molecule is COc1ccccc1N(C)C(=O)CCc1ccc(OC)c(OC)c1OC. The van der Waals surface area contributed by atoms with E-state index in [-0.39, 0.29) is 5.91 Å². The molecule has 0 saturated carbocycles. The molecule has 26 heavy (non-hydrogen) atoms. The minimum atomic E-state index is -0.0219. The van der Waals surface area contributed by atoms with Crippen molar-refractivity contribution >= 4 is 11.6 Å². The van der Waals surface area contributed by atoms with Crippen LogP contribution >= 0.6 is 0 Å². The summed E-state index contributed by atoms with van der Waals surface area (Å²) in [7, 11) is 8.04. The number of amides is 1. The number of benzene rings is 2. The van der Waals surface area contributed by atoms with E-state index in [1.54, 1.807) is 40.4 Å². The van der Waals surface area contributed by atoms with Crippen molar-refractivity contribution in [1.29, 1.82) is 0 Å². The van der Waals surface area contributed by atoms with Gasteiger partial charge < -0.3 is 23.8 Å². The largest absolute Gasteiger partial charge is 0.495 e. The summed E-state index contributed by atoms with van der Waals surface area (Å²) in [6.07, 6.45) is 0.836. The molecule has 0 atom stereocenters. The average molecular weight is 359 g/mol. The molecule has 0 saturated heterocycles. The van der Waals surface area contributed by atoms with Gasteiger partial charge in [0.15, 0.2) is 11.5 Å². The number of aryl methyl sites for hydroxylation is 1. The van der Waals surface area contributed by atoms with Crippen LogP contribution in [0, 0.1) is 0 Å². The first-order valence-corrected chi connectivity index (χ1v) is 8.24. The number of methoxy groups -OCH3 is 4. The molecule has 0 N–H and O–H groups in total. The number of carbonyl (C=O) groups is 1. The number of carbonyl (C=O) groups excluding carboxylic acids is 1. The molecule has 0 heterocycles. The Hall–Kier alpha value is -2.89. The van der Waals surface area contributed by atoms with Crippen LogP contribution in [0.4, 0.5) is 5.69 Å². The van der Waals surface area contributed by atoms with Crippen molar-refractivity contribution in [3.8, 4) is 23.0 Å². The van der Waals surface area contributed by atoms with Crippen LogP contribution in [-0.2, 0) is 11.2 Å². The van der Waals surface area contributed by atoms with Crippen molar-refractivity contribution < 1.29 is 23.7 Å². The maximum absolute atomic E-state index is 12.6. The number of para-hydroxylation sites is 2. The number of anilines is 1. The fourth-order valence-electron chi connectivity index (χ4n) is 2.81. The smallest absolute Gasteiger partial charge is 0.227 e. The van der Waals surface area contributed by atoms with Crippen molar-refractivity contribution in [2.45, 2.75) is 12.8 Å². The number of ether oxygens (including phenoxy) is 4. The fraction of sp³-hybridized carbons (Fsp3) is 0.350. The second-order valence-corrected chi connectivity index (χ2v) is 5.62. The lowest BCUT2D eigenvalue weighted by Crippen LogP contribution is -2.26. The summed E-state index contributed by atoms with van der Waals surface area (Å²) in [5.74, 6) is 2.33. The Bertz CT molecular complexity index is 760. The van der Waals surface area contributed by atoms with Crippen LogP contribution in [-0.4, -0.2) is 41.4 Å². The van der Waals surface area contributed by atoms with Crippen LogP contribution in [0.2, 0.25) is 0 Å². The topological polar surface area (TPSA) is 57.2 Å². The first kappa shape index (κ1) is 19.4. The van der Waals surface area contributed by atoms with Crippen LogP contribution in [0.1, 0.15) is 12.0 Å². The number of nitrogens with zero attached hydrogens (tertiary/aromatic N) is 1. The minimum absolute atomic E-state index is 0.0219. The van der Waals surface area contributed by atoms with Crippen LogP contribution in [0.15, 0.2) is 36.4 Å². The maximum atomic E-state index is 12.6. The molecular formula is C20H25NO5. The molecule has 140 valence electrons. The van der Waals surface area contributed by atoms with Gasteiger partial charge in [-0.15, -0.1) is 0 Å². The molecule has 0 aromatic heterocycles. The van der Waals surface area contributed by atoms with E-state index in [2.05, 4.69) is 0 Å². The molecule has 6 heteroatoms. The molecule has 0 bridgehead atoms. The molecule has 0 fully saturated rings. The van der Waals surface area contributed by atoms with E-state index >= 15 is 0 Å². The lowest BCUT2D eigenvalue weighted by atomic mass is 10.1. The molecule has 0 aliphatic carbocycles. The summed E-state index contributed by atoms with van der Waals surface area (Å²) in [6, 6.07) is 11.1. The van der Waals surface area contributed by atoms with Gasteiger partial charge in [-0.1, -0.05) is 18.2 Å². The number of rotatable bonds is 8. The Labute approximate surface area is 154 Å². The third-order valence-corrected chi connectivity index (χ3v) is 4.21. The molecule has 0 unspecified atom stereocenters. The first-order valence-electron chi connectivity index (χ1n) is 8.24. The highest BCUT2D eigenvalue weighted by Gasteiger charge is 2.19. The number of hydrogen-bond acceptors (Lipinski definition) is 5. The Morgan fingerprint density at radius 3 is 2.12 bits per heavy atom. The zero-order valence-corrected chi connectivity index (χ0v) is 15.9. The summed E-state index contributed by atoms with van der Waals surface area (Å²) in [6.45, 7) is 0. The van der Waals surface area contributed by atoms with Gasteiger partial charge in [-0.2, -0.15) is 0 Å². The van der Waals surface area contributed by atoms with Crippen LogP contribution in [0.5, 0.6) is 23.0 Å². The van der Waals surface area contributed by atoms with E-state index in [0.29, 0.717) is 35.8 Å². The Morgan fingerprint density at radius 1 is 0.846 bits per heavy atom. The summed E-state index contributed by atoms with van der Waals surface area (Å²) in [5.41, 5.74) is 1.62. The predicted molar refractivity (Wildman–Crippen MR) is 101 cm³/mol. The van der Waals surface area contributed by atoms with Gasteiger partial charge in [-0.05, 0) is 30.2 Å². The number of hydrogen-bond donors (Lipinski definition) is 0. The second-order valence-electron chi connectivity index (χ2n) is 5.62. The Kier molecular flexibility index (Phi) is 6.72. The molecule has 0 aliphatic rings. The molecular weight excluding hydrogens is 334 g/mol. The van der Waals surface area contributed by atoms with Gasteiger partial charge in [-0.25, -0.2) is 0 Å². The van der Waals surface area contributed by atoms with Crippen LogP contribution in [0.25, 0.3) is 0 Å². The first-order chi connectivity index (χ1) is 12.6. The lowest BCUT2D eigenvalue weighted by molar-refractivity contribution is -0.118. The van der Waals surface area contributed by atoms with Gasteiger partial charge >= 0.3 is 0 Å². The Morgan fingerprint density at radius 2 is 1.50 bits per heavy atom. The molecule has 0 radical (unpaired) electrons. The molecule has 2 aromatic rings. The lowest BCUT2D eigenvalue weighted by Gasteiger charge is -2.20. The Balaban J connectivity index is 2.16. The molecule has 1 amide bonds. The van der Waals surface area contributed by atoms with E-state index < -0.39 is 0 Å². The third-order valence-electron chi connectivity index (χ3n) is 4.21. The monoisotopic (exact) mass is 359 g/mol. The summed E-state index contributed by atoms with van der Waals surface area (Å²) in [5, 5.41) is 0. The highest BCUT2D eigenvalue weighted by atomic mass is 16.5. The summed E-state index contributed by atoms with van der Waals surface area (Å²) >= 11 is 0. The predicted octanol–water partition coefficient (Wildman–Crippen LogP) is 3.32. The van der Waals surface area contributed by atoms with Gasteiger partial charge in [0.05, 0.1) is 34.1 Å². The normalized spacial score (nSPS) is 10.2. The van der Waals surface area contributed by atoms with Gasteiger partial charge in [0.1, 0.15) is 5.75 Å². The molecule has 0 spiro atoms. The summed E-state index contributed by atoms with van der Waals surface area (Å²) < 4.78 is 21.5. The maximum Gasteiger partial charge on any atom is 0.227 e. The van der Waals surface area contributed by atoms with Crippen molar-refractivity contribution in [3.05, 3.63) is 42.0 Å². The quantitative estimate of drug-likeness (QED) is 0.724. The van der Waals surface area contributed by atoms with Crippen molar-refractivity contribution in [3.63, 3.8) is 0 Å². The standard InChI is InChI=1S/C20H25NO5/c1-21(15-8-6-7-9-16(15)23-2)18(22)13-11-14-10-12-17(24-3)20(26-5)19(14)25-4/h6-10,12H,11,13H2,1-5H3. The van der Waals surface area contributed by atoms with E-state index in [0.717, 1.165) is 11.3 Å². The van der Waals surface area contributed by atoms with E-state index in [1.165, 1.54) is 0 Å². The molecule has 2 aromatic carbocycles. The third kappa shape index (κ3) is 4.02. The van der Waals surface area contributed by atoms with Crippen molar-refractivity contribution in [2.24, 2.45) is 0 Å². The van der Waals surface area contributed by atoms with E-state index in [9.17, 15) is 4.79 Å². The van der Waals surface area contributed by atoms with Crippen LogP contribution < -0.4 is 23.8 Å². The second kappa shape index (κ2) is 8.99. The van der Waals surface area contributed by atoms with Crippen LogP contribution in [0.3, 0.4) is 0 Å². The zero-order valence-electron chi connectivity index (χ0n) is 15.9. The van der Waals surface area contributed by atoms with Gasteiger partial charge in [-0.3, -0.25) is 4.79 Å². The summed E-state index contributed by atoms with van der Waals surface area (Å²) in [4.78, 5) is 14.2. The fourth-order valence-corrected chi connectivity index (χ4v) is 2.81. The van der Waals surface area contributed by atoms with Gasteiger partial charge in [0.2, 0.25) is 11.7 Å². The highest BCUT2D eigenvalue weighted by Crippen LogP contribution is 2.40. The molecule has 6 nitrogen and oxygen atoms in total.